The third kappa shape index (κ3) is 5.17. The second kappa shape index (κ2) is 7.45. The molecule has 0 aliphatic heterocycles. The van der Waals surface area contributed by atoms with E-state index in [0.717, 1.165) is 12.8 Å². The van der Waals surface area contributed by atoms with Gasteiger partial charge in [-0.1, -0.05) is 37.3 Å². The topological polar surface area (TPSA) is 52.9 Å². The highest BCUT2D eigenvalue weighted by Crippen LogP contribution is 2.05. The smallest absolute Gasteiger partial charge is 0.221 e. The number of hydrogen-bond acceptors (Lipinski definition) is 2. The van der Waals surface area contributed by atoms with Crippen LogP contribution >= 0.6 is 0 Å². The Morgan fingerprint density at radius 1 is 1.41 bits per heavy atom. The number of carbonyl (C=O) groups excluding carboxylic acids is 1. The first-order chi connectivity index (χ1) is 8.26. The van der Waals surface area contributed by atoms with Gasteiger partial charge in [0.05, 0.1) is 12.0 Å². The van der Waals surface area contributed by atoms with Crippen LogP contribution in [0.1, 0.15) is 25.3 Å². The molecule has 3 nitrogen and oxygen atoms in total. The van der Waals surface area contributed by atoms with Crippen molar-refractivity contribution in [2.45, 2.75) is 26.2 Å². The summed E-state index contributed by atoms with van der Waals surface area (Å²) in [5, 5.41) is 11.6. The van der Waals surface area contributed by atoms with Crippen LogP contribution in [-0.4, -0.2) is 12.5 Å². The van der Waals surface area contributed by atoms with Gasteiger partial charge in [0.2, 0.25) is 5.91 Å². The Balaban J connectivity index is 2.23. The monoisotopic (exact) mass is 230 g/mol. The molecule has 0 aromatic heterocycles. The lowest BCUT2D eigenvalue weighted by atomic mass is 10.0. The highest BCUT2D eigenvalue weighted by atomic mass is 16.1. The fourth-order valence-corrected chi connectivity index (χ4v) is 1.57. The van der Waals surface area contributed by atoms with Crippen molar-refractivity contribution in [2.24, 2.45) is 5.92 Å². The third-order valence-electron chi connectivity index (χ3n) is 2.69. The normalized spacial score (nSPS) is 11.5. The van der Waals surface area contributed by atoms with Gasteiger partial charge in [-0.05, 0) is 18.4 Å². The van der Waals surface area contributed by atoms with Gasteiger partial charge in [0.25, 0.3) is 0 Å². The van der Waals surface area contributed by atoms with E-state index in [9.17, 15) is 4.79 Å². The zero-order valence-electron chi connectivity index (χ0n) is 10.1. The Morgan fingerprint density at radius 2 is 2.12 bits per heavy atom. The Kier molecular flexibility index (Phi) is 5.81. The minimum absolute atomic E-state index is 0.0330. The Morgan fingerprint density at radius 3 is 2.71 bits per heavy atom. The molecule has 0 radical (unpaired) electrons. The molecule has 0 aliphatic carbocycles. The zero-order chi connectivity index (χ0) is 12.5. The summed E-state index contributed by atoms with van der Waals surface area (Å²) in [4.78, 5) is 11.5. The summed E-state index contributed by atoms with van der Waals surface area (Å²) < 4.78 is 0. The molecule has 17 heavy (non-hydrogen) atoms. The summed E-state index contributed by atoms with van der Waals surface area (Å²) in [6, 6.07) is 12.2. The van der Waals surface area contributed by atoms with E-state index in [1.165, 1.54) is 5.56 Å². The van der Waals surface area contributed by atoms with Crippen molar-refractivity contribution < 1.29 is 4.79 Å². The van der Waals surface area contributed by atoms with Crippen LogP contribution in [0.15, 0.2) is 30.3 Å². The van der Waals surface area contributed by atoms with E-state index in [4.69, 9.17) is 5.26 Å². The van der Waals surface area contributed by atoms with E-state index in [1.54, 1.807) is 0 Å². The Hall–Kier alpha value is -1.82. The SMILES string of the molecule is CCC(C#N)CC(=O)NCCc1ccccc1. The molecule has 1 rings (SSSR count). The molecule has 0 bridgehead atoms. The van der Waals surface area contributed by atoms with Crippen LogP contribution in [0, 0.1) is 17.2 Å². The van der Waals surface area contributed by atoms with Gasteiger partial charge in [-0.25, -0.2) is 0 Å². The van der Waals surface area contributed by atoms with Crippen molar-refractivity contribution in [3.8, 4) is 6.07 Å². The minimum Gasteiger partial charge on any atom is -0.356 e. The summed E-state index contributed by atoms with van der Waals surface area (Å²) >= 11 is 0. The van der Waals surface area contributed by atoms with Gasteiger partial charge >= 0.3 is 0 Å². The fraction of sp³-hybridized carbons (Fsp3) is 0.429. The van der Waals surface area contributed by atoms with Crippen LogP contribution in [0.3, 0.4) is 0 Å². The zero-order valence-corrected chi connectivity index (χ0v) is 10.1. The molecular weight excluding hydrogens is 212 g/mol. The average molecular weight is 230 g/mol. The number of nitrogens with zero attached hydrogens (tertiary/aromatic N) is 1. The first-order valence-corrected chi connectivity index (χ1v) is 5.96. The highest BCUT2D eigenvalue weighted by molar-refractivity contribution is 5.76. The molecule has 0 spiro atoms. The van der Waals surface area contributed by atoms with Crippen LogP contribution in [0.25, 0.3) is 0 Å². The van der Waals surface area contributed by atoms with Crippen LogP contribution in [-0.2, 0) is 11.2 Å². The van der Waals surface area contributed by atoms with E-state index in [-0.39, 0.29) is 11.8 Å². The molecule has 1 N–H and O–H groups in total. The largest absolute Gasteiger partial charge is 0.356 e. The third-order valence-corrected chi connectivity index (χ3v) is 2.69. The Labute approximate surface area is 102 Å². The van der Waals surface area contributed by atoms with Gasteiger partial charge in [-0.3, -0.25) is 4.79 Å². The number of carbonyl (C=O) groups is 1. The molecule has 1 aromatic rings. The summed E-state index contributed by atoms with van der Waals surface area (Å²) in [5.74, 6) is -0.193. The molecule has 0 heterocycles. The van der Waals surface area contributed by atoms with Gasteiger partial charge < -0.3 is 5.32 Å². The highest BCUT2D eigenvalue weighted by Gasteiger charge is 2.10. The molecule has 0 saturated carbocycles. The quantitative estimate of drug-likeness (QED) is 0.815. The number of nitriles is 1. The predicted molar refractivity (Wildman–Crippen MR) is 67.2 cm³/mol. The molecule has 3 heteroatoms. The Bertz CT molecular complexity index is 381. The van der Waals surface area contributed by atoms with Crippen LogP contribution in [0.5, 0.6) is 0 Å². The number of hydrogen-bond donors (Lipinski definition) is 1. The fourth-order valence-electron chi connectivity index (χ4n) is 1.57. The van der Waals surface area contributed by atoms with Gasteiger partial charge in [0.1, 0.15) is 0 Å². The van der Waals surface area contributed by atoms with Crippen molar-refractivity contribution in [1.82, 2.24) is 5.32 Å². The van der Waals surface area contributed by atoms with Gasteiger partial charge in [0.15, 0.2) is 0 Å². The maximum atomic E-state index is 11.5. The second-order valence-electron chi connectivity index (χ2n) is 4.02. The van der Waals surface area contributed by atoms with Crippen molar-refractivity contribution in [3.63, 3.8) is 0 Å². The van der Waals surface area contributed by atoms with Gasteiger partial charge in [0, 0.05) is 13.0 Å². The first kappa shape index (κ1) is 13.2. The molecule has 1 amide bonds. The summed E-state index contributed by atoms with van der Waals surface area (Å²) in [7, 11) is 0. The lowest BCUT2D eigenvalue weighted by Crippen LogP contribution is -2.27. The van der Waals surface area contributed by atoms with Gasteiger partial charge in [-0.2, -0.15) is 5.26 Å². The average Bonchev–Trinajstić information content (AvgIpc) is 2.37. The maximum absolute atomic E-state index is 11.5. The summed E-state index contributed by atoms with van der Waals surface area (Å²) in [5.41, 5.74) is 1.21. The summed E-state index contributed by atoms with van der Waals surface area (Å²) in [6.45, 7) is 2.55. The van der Waals surface area contributed by atoms with E-state index in [1.807, 2.05) is 37.3 Å². The molecule has 0 fully saturated rings. The number of nitrogens with one attached hydrogen (secondary N) is 1. The molecule has 1 atom stereocenters. The lowest BCUT2D eigenvalue weighted by molar-refractivity contribution is -0.121. The lowest BCUT2D eigenvalue weighted by Gasteiger charge is -2.07. The van der Waals surface area contributed by atoms with Crippen LogP contribution in [0.2, 0.25) is 0 Å². The standard InChI is InChI=1S/C14H18N2O/c1-2-12(11-15)10-14(17)16-9-8-13-6-4-3-5-7-13/h3-7,12H,2,8-10H2,1H3,(H,16,17). The minimum atomic E-state index is -0.160. The second-order valence-corrected chi connectivity index (χ2v) is 4.02. The van der Waals surface area contributed by atoms with E-state index >= 15 is 0 Å². The van der Waals surface area contributed by atoms with E-state index < -0.39 is 0 Å². The molecule has 0 saturated heterocycles. The van der Waals surface area contributed by atoms with Crippen LogP contribution < -0.4 is 5.32 Å². The molecule has 1 unspecified atom stereocenters. The molecular formula is C14H18N2O. The van der Waals surface area contributed by atoms with E-state index in [0.29, 0.717) is 13.0 Å². The number of amides is 1. The molecule has 90 valence electrons. The number of rotatable bonds is 6. The summed E-state index contributed by atoms with van der Waals surface area (Å²) in [6.07, 6.45) is 1.86. The molecule has 1 aromatic carbocycles. The van der Waals surface area contributed by atoms with Crippen molar-refractivity contribution in [3.05, 3.63) is 35.9 Å². The van der Waals surface area contributed by atoms with Crippen molar-refractivity contribution in [1.29, 1.82) is 5.26 Å². The van der Waals surface area contributed by atoms with Crippen LogP contribution in [0.4, 0.5) is 0 Å². The predicted octanol–water partition coefficient (Wildman–Crippen LogP) is 2.29. The number of benzene rings is 1. The van der Waals surface area contributed by atoms with Crippen molar-refractivity contribution >= 4 is 5.91 Å². The molecule has 0 aliphatic rings. The van der Waals surface area contributed by atoms with E-state index in [2.05, 4.69) is 11.4 Å². The first-order valence-electron chi connectivity index (χ1n) is 5.96. The maximum Gasteiger partial charge on any atom is 0.221 e. The van der Waals surface area contributed by atoms with Gasteiger partial charge in [-0.15, -0.1) is 0 Å². The van der Waals surface area contributed by atoms with Crippen molar-refractivity contribution in [2.75, 3.05) is 6.54 Å².